The van der Waals surface area contributed by atoms with Gasteiger partial charge >= 0.3 is 0 Å². The van der Waals surface area contributed by atoms with Gasteiger partial charge in [0.05, 0.1) is 5.69 Å². The van der Waals surface area contributed by atoms with Gasteiger partial charge in [-0.1, -0.05) is 0 Å². The van der Waals surface area contributed by atoms with Crippen LogP contribution in [0, 0.1) is 0 Å². The van der Waals surface area contributed by atoms with Gasteiger partial charge in [0, 0.05) is 34.6 Å². The number of likely N-dealkylation sites (N-methyl/N-ethyl adjacent to an activating group) is 1. The first-order valence-electron chi connectivity index (χ1n) is 6.74. The van der Waals surface area contributed by atoms with Crippen molar-refractivity contribution in [2.24, 2.45) is 0 Å². The number of nitrogens with zero attached hydrogens (tertiary/aromatic N) is 1. The van der Waals surface area contributed by atoms with E-state index < -0.39 is 0 Å². The van der Waals surface area contributed by atoms with Gasteiger partial charge in [0.1, 0.15) is 6.04 Å². The molecule has 0 spiro atoms. The number of hydrogen-bond donors (Lipinski definition) is 2. The fraction of sp³-hybridized carbons (Fsp3) is 0.500. The summed E-state index contributed by atoms with van der Waals surface area (Å²) in [4.78, 5) is 14.2. The highest BCUT2D eigenvalue weighted by atomic mass is 79.9. The van der Waals surface area contributed by atoms with E-state index in [1.54, 1.807) is 0 Å². The third-order valence-electron chi connectivity index (χ3n) is 4.07. The molecule has 0 aromatic heterocycles. The quantitative estimate of drug-likeness (QED) is 0.874. The Morgan fingerprint density at radius 3 is 2.95 bits per heavy atom. The molecule has 0 aliphatic carbocycles. The topological polar surface area (TPSA) is 44.4 Å². The average molecular weight is 356 g/mol. The van der Waals surface area contributed by atoms with Gasteiger partial charge in [0.2, 0.25) is 5.91 Å². The van der Waals surface area contributed by atoms with Gasteiger partial charge in [-0.3, -0.25) is 4.79 Å². The highest BCUT2D eigenvalue weighted by Gasteiger charge is 2.31. The van der Waals surface area contributed by atoms with Crippen LogP contribution in [-0.4, -0.2) is 37.6 Å². The van der Waals surface area contributed by atoms with Crippen LogP contribution >= 0.6 is 27.7 Å². The Bertz CT molecular complexity index is 545. The standard InChI is InChI=1S/C14H18BrN3OS/c1-16-13-9-5-10(15)12(6-11(9)17-14(13)19)18(2)8-3-4-20-7-8/h5-6,8,13,16H,3-4,7H2,1-2H3,(H,17,19). The first kappa shape index (κ1) is 14.2. The lowest BCUT2D eigenvalue weighted by molar-refractivity contribution is -0.117. The zero-order chi connectivity index (χ0) is 14.3. The second-order valence-corrected chi connectivity index (χ2v) is 7.23. The fourth-order valence-electron chi connectivity index (χ4n) is 2.85. The van der Waals surface area contributed by atoms with Crippen LogP contribution in [-0.2, 0) is 4.79 Å². The summed E-state index contributed by atoms with van der Waals surface area (Å²) in [5.41, 5.74) is 3.08. The van der Waals surface area contributed by atoms with E-state index in [4.69, 9.17) is 0 Å². The van der Waals surface area contributed by atoms with Crippen LogP contribution in [0.5, 0.6) is 0 Å². The van der Waals surface area contributed by atoms with E-state index in [0.717, 1.165) is 21.4 Å². The van der Waals surface area contributed by atoms with Crippen molar-refractivity contribution < 1.29 is 4.79 Å². The predicted octanol–water partition coefficient (Wildman–Crippen LogP) is 2.60. The monoisotopic (exact) mass is 355 g/mol. The van der Waals surface area contributed by atoms with Crippen molar-refractivity contribution in [1.29, 1.82) is 0 Å². The molecule has 1 aromatic rings. The van der Waals surface area contributed by atoms with Crippen LogP contribution in [0.1, 0.15) is 18.0 Å². The maximum atomic E-state index is 11.9. The Balaban J connectivity index is 1.94. The largest absolute Gasteiger partial charge is 0.370 e. The first-order chi connectivity index (χ1) is 9.61. The molecule has 2 aliphatic heterocycles. The van der Waals surface area contributed by atoms with E-state index in [2.05, 4.69) is 50.6 Å². The van der Waals surface area contributed by atoms with E-state index in [9.17, 15) is 4.79 Å². The number of anilines is 2. The summed E-state index contributed by atoms with van der Waals surface area (Å²) in [5.74, 6) is 2.42. The molecule has 0 radical (unpaired) electrons. The lowest BCUT2D eigenvalue weighted by Gasteiger charge is -2.27. The number of nitrogens with one attached hydrogen (secondary N) is 2. The van der Waals surface area contributed by atoms with E-state index in [1.807, 2.05) is 18.8 Å². The molecule has 1 amide bonds. The smallest absolute Gasteiger partial charge is 0.246 e. The number of fused-ring (bicyclic) bond motifs is 1. The summed E-state index contributed by atoms with van der Waals surface area (Å²) in [7, 11) is 3.94. The maximum absolute atomic E-state index is 11.9. The van der Waals surface area contributed by atoms with Gasteiger partial charge in [0.25, 0.3) is 0 Å². The van der Waals surface area contributed by atoms with Gasteiger partial charge < -0.3 is 15.5 Å². The van der Waals surface area contributed by atoms with Crippen LogP contribution in [0.3, 0.4) is 0 Å². The van der Waals surface area contributed by atoms with Crippen LogP contribution in [0.15, 0.2) is 16.6 Å². The molecule has 1 aromatic carbocycles. The third kappa shape index (κ3) is 2.34. The maximum Gasteiger partial charge on any atom is 0.246 e. The van der Waals surface area contributed by atoms with Crippen LogP contribution in [0.4, 0.5) is 11.4 Å². The van der Waals surface area contributed by atoms with Crippen molar-refractivity contribution in [3.8, 4) is 0 Å². The van der Waals surface area contributed by atoms with E-state index in [1.165, 1.54) is 17.9 Å². The van der Waals surface area contributed by atoms with Crippen LogP contribution in [0.2, 0.25) is 0 Å². The minimum absolute atomic E-state index is 0.0191. The molecule has 2 unspecified atom stereocenters. The fourth-order valence-corrected chi connectivity index (χ4v) is 4.76. The molecular formula is C14H18BrN3OS. The Morgan fingerprint density at radius 1 is 1.50 bits per heavy atom. The zero-order valence-corrected chi connectivity index (χ0v) is 14.0. The van der Waals surface area contributed by atoms with Gasteiger partial charge in [-0.2, -0.15) is 11.8 Å². The molecule has 3 rings (SSSR count). The number of carbonyl (C=O) groups excluding carboxylic acids is 1. The molecular weight excluding hydrogens is 338 g/mol. The first-order valence-corrected chi connectivity index (χ1v) is 8.68. The van der Waals surface area contributed by atoms with Crippen molar-refractivity contribution in [2.45, 2.75) is 18.5 Å². The minimum Gasteiger partial charge on any atom is -0.370 e. The average Bonchev–Trinajstić information content (AvgIpc) is 3.04. The highest BCUT2D eigenvalue weighted by molar-refractivity contribution is 9.10. The molecule has 2 heterocycles. The Morgan fingerprint density at radius 2 is 2.30 bits per heavy atom. The van der Waals surface area contributed by atoms with E-state index >= 15 is 0 Å². The van der Waals surface area contributed by atoms with Gasteiger partial charge in [-0.15, -0.1) is 0 Å². The molecule has 2 atom stereocenters. The lowest BCUT2D eigenvalue weighted by atomic mass is 10.1. The van der Waals surface area contributed by atoms with Gasteiger partial charge in [-0.25, -0.2) is 0 Å². The molecule has 6 heteroatoms. The van der Waals surface area contributed by atoms with Crippen molar-refractivity contribution in [3.05, 3.63) is 22.2 Å². The Hall–Kier alpha value is -0.720. The summed E-state index contributed by atoms with van der Waals surface area (Å²) in [6.45, 7) is 0. The Labute approximate surface area is 131 Å². The SMILES string of the molecule is CNC1C(=O)Nc2cc(N(C)C3CCSC3)c(Br)cc21. The summed E-state index contributed by atoms with van der Waals surface area (Å²) in [6, 6.07) is 4.47. The summed E-state index contributed by atoms with van der Waals surface area (Å²) in [5, 5.41) is 6.01. The molecule has 20 heavy (non-hydrogen) atoms. The summed E-state index contributed by atoms with van der Waals surface area (Å²) in [6.07, 6.45) is 1.22. The number of hydrogen-bond acceptors (Lipinski definition) is 4. The second-order valence-electron chi connectivity index (χ2n) is 5.23. The van der Waals surface area contributed by atoms with Crippen molar-refractivity contribution >= 4 is 45.0 Å². The number of thioether (sulfide) groups is 1. The molecule has 108 valence electrons. The predicted molar refractivity (Wildman–Crippen MR) is 88.7 cm³/mol. The molecule has 1 saturated heterocycles. The van der Waals surface area contributed by atoms with Crippen molar-refractivity contribution in [1.82, 2.24) is 5.32 Å². The summed E-state index contributed by atoms with van der Waals surface area (Å²) < 4.78 is 1.05. The molecule has 1 fully saturated rings. The number of carbonyl (C=O) groups is 1. The Kier molecular flexibility index (Phi) is 3.97. The minimum atomic E-state index is -0.248. The normalized spacial score (nSPS) is 24.6. The van der Waals surface area contributed by atoms with Crippen molar-refractivity contribution in [3.63, 3.8) is 0 Å². The van der Waals surface area contributed by atoms with Gasteiger partial charge in [-0.05, 0) is 47.3 Å². The number of amides is 1. The van der Waals surface area contributed by atoms with Crippen LogP contribution < -0.4 is 15.5 Å². The zero-order valence-electron chi connectivity index (χ0n) is 11.6. The second kappa shape index (κ2) is 5.58. The third-order valence-corrected chi connectivity index (χ3v) is 5.85. The van der Waals surface area contributed by atoms with Crippen LogP contribution in [0.25, 0.3) is 0 Å². The highest BCUT2D eigenvalue weighted by Crippen LogP contribution is 2.40. The number of rotatable bonds is 3. The molecule has 2 aliphatic rings. The lowest BCUT2D eigenvalue weighted by Crippen LogP contribution is -2.31. The molecule has 0 saturated carbocycles. The molecule has 0 bridgehead atoms. The van der Waals surface area contributed by atoms with E-state index in [-0.39, 0.29) is 11.9 Å². The number of halogens is 1. The molecule has 4 nitrogen and oxygen atoms in total. The van der Waals surface area contributed by atoms with Crippen molar-refractivity contribution in [2.75, 3.05) is 35.8 Å². The summed E-state index contributed by atoms with van der Waals surface area (Å²) >= 11 is 5.66. The van der Waals surface area contributed by atoms with Gasteiger partial charge in [0.15, 0.2) is 0 Å². The molecule has 2 N–H and O–H groups in total. The van der Waals surface area contributed by atoms with E-state index in [0.29, 0.717) is 6.04 Å². The number of benzene rings is 1.